The lowest BCUT2D eigenvalue weighted by Gasteiger charge is -2.10. The maximum absolute atomic E-state index is 12.4. The Balaban J connectivity index is 1.59. The van der Waals surface area contributed by atoms with Crippen LogP contribution < -0.4 is 4.72 Å². The van der Waals surface area contributed by atoms with E-state index in [0.717, 1.165) is 22.5 Å². The molecule has 0 unspecified atom stereocenters. The monoisotopic (exact) mass is 369 g/mol. The van der Waals surface area contributed by atoms with Crippen molar-refractivity contribution in [3.8, 4) is 11.4 Å². The van der Waals surface area contributed by atoms with Gasteiger partial charge in [0.15, 0.2) is 0 Å². The summed E-state index contributed by atoms with van der Waals surface area (Å²) in [7, 11) is -3.48. The fourth-order valence-electron chi connectivity index (χ4n) is 2.76. The molecule has 0 atom stereocenters. The van der Waals surface area contributed by atoms with Crippen molar-refractivity contribution in [2.45, 2.75) is 31.7 Å². The summed E-state index contributed by atoms with van der Waals surface area (Å²) in [6.45, 7) is 4.95. The molecule has 0 aliphatic rings. The summed E-state index contributed by atoms with van der Waals surface area (Å²) in [5.74, 6) is 0.891. The maximum Gasteiger partial charge on any atom is 0.240 e. The second-order valence-electron chi connectivity index (χ2n) is 6.31. The smallest absolute Gasteiger partial charge is 0.240 e. The maximum atomic E-state index is 12.4. The molecule has 0 spiro atoms. The number of aryl methyl sites for hydroxylation is 3. The van der Waals surface area contributed by atoms with Gasteiger partial charge < -0.3 is 4.57 Å². The first kappa shape index (κ1) is 18.4. The highest BCUT2D eigenvalue weighted by molar-refractivity contribution is 7.89. The average molecular weight is 369 g/mol. The van der Waals surface area contributed by atoms with E-state index in [2.05, 4.69) is 9.71 Å². The van der Waals surface area contributed by atoms with Crippen molar-refractivity contribution in [3.05, 3.63) is 72.1 Å². The zero-order valence-electron chi connectivity index (χ0n) is 15.0. The SMILES string of the molecule is Cc1ccc(S(=O)(=O)NCCCn2ccnc2-c2ccccc2)cc1C. The Morgan fingerprint density at radius 2 is 1.81 bits per heavy atom. The van der Waals surface area contributed by atoms with Crippen LogP contribution in [0.4, 0.5) is 0 Å². The quantitative estimate of drug-likeness (QED) is 0.648. The Morgan fingerprint density at radius 1 is 1.04 bits per heavy atom. The molecule has 0 radical (unpaired) electrons. The van der Waals surface area contributed by atoms with E-state index in [4.69, 9.17) is 0 Å². The number of sulfonamides is 1. The number of nitrogens with one attached hydrogen (secondary N) is 1. The summed E-state index contributed by atoms with van der Waals surface area (Å²) < 4.78 is 29.6. The number of imidazole rings is 1. The molecule has 0 aliphatic heterocycles. The molecule has 1 heterocycles. The van der Waals surface area contributed by atoms with E-state index in [1.165, 1.54) is 0 Å². The highest BCUT2D eigenvalue weighted by atomic mass is 32.2. The molecule has 0 fully saturated rings. The van der Waals surface area contributed by atoms with Crippen LogP contribution in [0.25, 0.3) is 11.4 Å². The van der Waals surface area contributed by atoms with Gasteiger partial charge in [0, 0.05) is 31.0 Å². The van der Waals surface area contributed by atoms with E-state index >= 15 is 0 Å². The van der Waals surface area contributed by atoms with Gasteiger partial charge in [-0.3, -0.25) is 0 Å². The third-order valence-electron chi connectivity index (χ3n) is 4.40. The molecule has 1 N–H and O–H groups in total. The normalized spacial score (nSPS) is 11.6. The second kappa shape index (κ2) is 7.85. The molecule has 0 aliphatic carbocycles. The summed E-state index contributed by atoms with van der Waals surface area (Å²) in [4.78, 5) is 4.72. The Labute approximate surface area is 154 Å². The van der Waals surface area contributed by atoms with Crippen LogP contribution in [-0.2, 0) is 16.6 Å². The van der Waals surface area contributed by atoms with Gasteiger partial charge in [0.05, 0.1) is 4.90 Å². The lowest BCUT2D eigenvalue weighted by Crippen LogP contribution is -2.25. The third-order valence-corrected chi connectivity index (χ3v) is 5.86. The molecule has 0 saturated carbocycles. The van der Waals surface area contributed by atoms with Gasteiger partial charge in [-0.2, -0.15) is 0 Å². The summed E-state index contributed by atoms with van der Waals surface area (Å²) in [5, 5.41) is 0. The molecule has 0 saturated heterocycles. The Hall–Kier alpha value is -2.44. The van der Waals surface area contributed by atoms with Gasteiger partial charge in [0.1, 0.15) is 5.82 Å². The van der Waals surface area contributed by atoms with Gasteiger partial charge in [-0.25, -0.2) is 18.1 Å². The van der Waals surface area contributed by atoms with Crippen LogP contribution in [0.1, 0.15) is 17.5 Å². The Kier molecular flexibility index (Phi) is 5.54. The summed E-state index contributed by atoms with van der Waals surface area (Å²) in [6, 6.07) is 15.1. The Bertz CT molecular complexity index is 979. The van der Waals surface area contributed by atoms with Gasteiger partial charge in [-0.05, 0) is 43.5 Å². The van der Waals surface area contributed by atoms with Crippen LogP contribution >= 0.6 is 0 Å². The molecule has 2 aromatic carbocycles. The fourth-order valence-corrected chi connectivity index (χ4v) is 3.92. The number of hydrogen-bond acceptors (Lipinski definition) is 3. The van der Waals surface area contributed by atoms with E-state index in [9.17, 15) is 8.42 Å². The topological polar surface area (TPSA) is 64.0 Å². The van der Waals surface area contributed by atoms with Crippen LogP contribution in [0.3, 0.4) is 0 Å². The van der Waals surface area contributed by atoms with E-state index in [1.807, 2.05) is 61.0 Å². The van der Waals surface area contributed by atoms with Gasteiger partial charge in [-0.15, -0.1) is 0 Å². The molecule has 5 nitrogen and oxygen atoms in total. The molecule has 0 bridgehead atoms. The highest BCUT2D eigenvalue weighted by Gasteiger charge is 2.14. The molecule has 3 aromatic rings. The number of hydrogen-bond donors (Lipinski definition) is 1. The first-order valence-electron chi connectivity index (χ1n) is 8.61. The first-order valence-corrected chi connectivity index (χ1v) is 10.1. The number of benzene rings is 2. The molecule has 1 aromatic heterocycles. The average Bonchev–Trinajstić information content (AvgIpc) is 3.10. The van der Waals surface area contributed by atoms with Crippen LogP contribution in [-0.4, -0.2) is 24.5 Å². The van der Waals surface area contributed by atoms with Crippen LogP contribution in [0.15, 0.2) is 65.8 Å². The predicted octanol–water partition coefficient (Wildman–Crippen LogP) is 3.54. The molecule has 0 amide bonds. The van der Waals surface area contributed by atoms with Gasteiger partial charge in [-0.1, -0.05) is 36.4 Å². The molecule has 6 heteroatoms. The zero-order valence-corrected chi connectivity index (χ0v) is 15.8. The van der Waals surface area contributed by atoms with E-state index in [-0.39, 0.29) is 0 Å². The van der Waals surface area contributed by atoms with Crippen molar-refractivity contribution in [2.75, 3.05) is 6.54 Å². The predicted molar refractivity (Wildman–Crippen MR) is 103 cm³/mol. The number of aromatic nitrogens is 2. The van der Waals surface area contributed by atoms with Crippen molar-refractivity contribution in [1.82, 2.24) is 14.3 Å². The molecule has 136 valence electrons. The lowest BCUT2D eigenvalue weighted by atomic mass is 10.1. The largest absolute Gasteiger partial charge is 0.331 e. The van der Waals surface area contributed by atoms with Crippen molar-refractivity contribution >= 4 is 10.0 Å². The van der Waals surface area contributed by atoms with Gasteiger partial charge >= 0.3 is 0 Å². The fraction of sp³-hybridized carbons (Fsp3) is 0.250. The second-order valence-corrected chi connectivity index (χ2v) is 8.07. The standard InChI is InChI=1S/C20H23N3O2S/c1-16-9-10-19(15-17(16)2)26(24,25)22-11-6-13-23-14-12-21-20(23)18-7-4-3-5-8-18/h3-5,7-10,12,14-15,22H,6,11,13H2,1-2H3. The number of nitrogens with zero attached hydrogens (tertiary/aromatic N) is 2. The van der Waals surface area contributed by atoms with Crippen LogP contribution in [0, 0.1) is 13.8 Å². The molecular formula is C20H23N3O2S. The van der Waals surface area contributed by atoms with E-state index in [0.29, 0.717) is 24.4 Å². The van der Waals surface area contributed by atoms with Crippen molar-refractivity contribution in [3.63, 3.8) is 0 Å². The van der Waals surface area contributed by atoms with E-state index in [1.54, 1.807) is 18.3 Å². The van der Waals surface area contributed by atoms with Crippen molar-refractivity contribution in [1.29, 1.82) is 0 Å². The highest BCUT2D eigenvalue weighted by Crippen LogP contribution is 2.17. The third kappa shape index (κ3) is 4.20. The summed E-state index contributed by atoms with van der Waals surface area (Å²) >= 11 is 0. The van der Waals surface area contributed by atoms with Crippen molar-refractivity contribution in [2.24, 2.45) is 0 Å². The molecule has 3 rings (SSSR count). The van der Waals surface area contributed by atoms with Gasteiger partial charge in [0.25, 0.3) is 0 Å². The lowest BCUT2D eigenvalue weighted by molar-refractivity contribution is 0.570. The van der Waals surface area contributed by atoms with Crippen LogP contribution in [0.5, 0.6) is 0 Å². The van der Waals surface area contributed by atoms with E-state index < -0.39 is 10.0 Å². The number of rotatable bonds is 7. The first-order chi connectivity index (χ1) is 12.5. The minimum absolute atomic E-state index is 0.313. The minimum atomic E-state index is -3.48. The van der Waals surface area contributed by atoms with Crippen LogP contribution in [0.2, 0.25) is 0 Å². The zero-order chi connectivity index (χ0) is 18.6. The Morgan fingerprint density at radius 3 is 2.54 bits per heavy atom. The minimum Gasteiger partial charge on any atom is -0.331 e. The summed E-state index contributed by atoms with van der Waals surface area (Å²) in [5.41, 5.74) is 3.10. The summed E-state index contributed by atoms with van der Waals surface area (Å²) in [6.07, 6.45) is 4.36. The van der Waals surface area contributed by atoms with Gasteiger partial charge in [0.2, 0.25) is 10.0 Å². The molecular weight excluding hydrogens is 346 g/mol. The van der Waals surface area contributed by atoms with Crippen molar-refractivity contribution < 1.29 is 8.42 Å². The molecule has 26 heavy (non-hydrogen) atoms.